The molecule has 1 aliphatic heterocycles. The second-order valence-corrected chi connectivity index (χ2v) is 6.64. The van der Waals surface area contributed by atoms with Gasteiger partial charge in [-0.15, -0.1) is 0 Å². The predicted octanol–water partition coefficient (Wildman–Crippen LogP) is 2.03. The van der Waals surface area contributed by atoms with Crippen LogP contribution >= 0.6 is 15.9 Å². The lowest BCUT2D eigenvalue weighted by Crippen LogP contribution is -2.92. The van der Waals surface area contributed by atoms with Crippen molar-refractivity contribution in [2.75, 3.05) is 11.4 Å². The van der Waals surface area contributed by atoms with Gasteiger partial charge < -0.3 is 5.32 Å². The minimum absolute atomic E-state index is 0.173. The number of benzene rings is 2. The highest BCUT2D eigenvalue weighted by Crippen LogP contribution is 2.23. The first kappa shape index (κ1) is 16.8. The third-order valence-corrected chi connectivity index (χ3v) is 4.62. The van der Waals surface area contributed by atoms with Gasteiger partial charge in [0, 0.05) is 10.9 Å². The van der Waals surface area contributed by atoms with Crippen LogP contribution in [0.25, 0.3) is 0 Å². The number of hydrogen-bond donors (Lipinski definition) is 1. The predicted molar refractivity (Wildman–Crippen MR) is 91.9 cm³/mol. The molecule has 0 aliphatic carbocycles. The number of imide groups is 1. The van der Waals surface area contributed by atoms with Crippen molar-refractivity contribution in [2.24, 2.45) is 0 Å². The lowest BCUT2D eigenvalue weighted by molar-refractivity contribution is -0.674. The van der Waals surface area contributed by atoms with Crippen molar-refractivity contribution in [3.8, 4) is 0 Å². The zero-order valence-electron chi connectivity index (χ0n) is 12.9. The molecule has 2 aromatic carbocycles. The SMILES string of the molecule is O=C1C[C@H]([NH2+]CCc2ccccc2F)C(=O)N1c1ccc(Br)cc1. The second-order valence-electron chi connectivity index (χ2n) is 5.72. The van der Waals surface area contributed by atoms with Gasteiger partial charge in [-0.25, -0.2) is 9.29 Å². The minimum atomic E-state index is -0.437. The van der Waals surface area contributed by atoms with Crippen molar-refractivity contribution in [3.05, 3.63) is 64.4 Å². The molecule has 2 amide bonds. The molecule has 1 heterocycles. The number of halogens is 2. The fraction of sp³-hybridized carbons (Fsp3) is 0.222. The standard InChI is InChI=1S/C18H16BrFN2O2/c19-13-5-7-14(8-6-13)22-17(23)11-16(18(22)24)21-10-9-12-3-1-2-4-15(12)20/h1-8,16,21H,9-11H2/p+1/t16-/m0/s1. The van der Waals surface area contributed by atoms with Crippen molar-refractivity contribution < 1.29 is 19.3 Å². The smallest absolute Gasteiger partial charge is 0.292 e. The molecule has 124 valence electrons. The summed E-state index contributed by atoms with van der Waals surface area (Å²) >= 11 is 3.33. The van der Waals surface area contributed by atoms with Crippen LogP contribution in [-0.2, 0) is 16.0 Å². The molecule has 24 heavy (non-hydrogen) atoms. The van der Waals surface area contributed by atoms with E-state index in [1.165, 1.54) is 11.0 Å². The summed E-state index contributed by atoms with van der Waals surface area (Å²) in [6.45, 7) is 0.554. The first-order chi connectivity index (χ1) is 11.6. The van der Waals surface area contributed by atoms with E-state index in [0.717, 1.165) is 4.47 Å². The topological polar surface area (TPSA) is 54.0 Å². The number of rotatable bonds is 5. The van der Waals surface area contributed by atoms with Crippen LogP contribution in [0.1, 0.15) is 12.0 Å². The normalized spacial score (nSPS) is 17.6. The highest BCUT2D eigenvalue weighted by molar-refractivity contribution is 9.10. The third kappa shape index (κ3) is 3.55. The molecule has 0 unspecified atom stereocenters. The lowest BCUT2D eigenvalue weighted by atomic mass is 10.1. The first-order valence-corrected chi connectivity index (χ1v) is 8.54. The van der Waals surface area contributed by atoms with E-state index in [2.05, 4.69) is 15.9 Å². The Bertz CT molecular complexity index is 764. The van der Waals surface area contributed by atoms with Gasteiger partial charge >= 0.3 is 0 Å². The summed E-state index contributed by atoms with van der Waals surface area (Å²) in [5.74, 6) is -0.651. The summed E-state index contributed by atoms with van der Waals surface area (Å²) < 4.78 is 14.5. The highest BCUT2D eigenvalue weighted by Gasteiger charge is 2.42. The number of anilines is 1. The Kier molecular flexibility index (Phi) is 5.06. The van der Waals surface area contributed by atoms with Gasteiger partial charge in [0.15, 0.2) is 6.04 Å². The Morgan fingerprint density at radius 2 is 1.83 bits per heavy atom. The van der Waals surface area contributed by atoms with Gasteiger partial charge in [-0.3, -0.25) is 9.59 Å². The molecule has 1 aliphatic rings. The molecule has 3 rings (SSSR count). The van der Waals surface area contributed by atoms with Crippen molar-refractivity contribution >= 4 is 33.4 Å². The maximum atomic E-state index is 13.6. The maximum Gasteiger partial charge on any atom is 0.292 e. The Hall–Kier alpha value is -2.05. The molecular formula is C18H17BrFN2O2+. The monoisotopic (exact) mass is 391 g/mol. The Morgan fingerprint density at radius 3 is 2.54 bits per heavy atom. The van der Waals surface area contributed by atoms with E-state index in [9.17, 15) is 14.0 Å². The van der Waals surface area contributed by atoms with Crippen LogP contribution in [0.4, 0.5) is 10.1 Å². The number of nitrogens with two attached hydrogens (primary N) is 1. The van der Waals surface area contributed by atoms with Crippen LogP contribution in [0, 0.1) is 5.82 Å². The largest absolute Gasteiger partial charge is 0.335 e. The fourth-order valence-electron chi connectivity index (χ4n) is 2.84. The van der Waals surface area contributed by atoms with E-state index in [-0.39, 0.29) is 24.1 Å². The summed E-state index contributed by atoms with van der Waals surface area (Å²) in [7, 11) is 0. The van der Waals surface area contributed by atoms with Crippen LogP contribution in [0.5, 0.6) is 0 Å². The van der Waals surface area contributed by atoms with Crippen LogP contribution in [0.2, 0.25) is 0 Å². The summed E-state index contributed by atoms with van der Waals surface area (Å²) in [5.41, 5.74) is 1.20. The average Bonchev–Trinajstić information content (AvgIpc) is 2.84. The number of quaternary nitrogens is 1. The van der Waals surface area contributed by atoms with Crippen molar-refractivity contribution in [3.63, 3.8) is 0 Å². The molecule has 2 aromatic rings. The zero-order valence-corrected chi connectivity index (χ0v) is 14.5. The molecule has 0 saturated carbocycles. The molecule has 1 fully saturated rings. The molecule has 1 atom stereocenters. The quantitative estimate of drug-likeness (QED) is 0.792. The van der Waals surface area contributed by atoms with E-state index in [1.54, 1.807) is 42.5 Å². The summed E-state index contributed by atoms with van der Waals surface area (Å²) in [6.07, 6.45) is 0.690. The Balaban J connectivity index is 1.62. The molecule has 2 N–H and O–H groups in total. The van der Waals surface area contributed by atoms with Gasteiger partial charge in [0.05, 0.1) is 18.7 Å². The second kappa shape index (κ2) is 7.23. The Morgan fingerprint density at radius 1 is 1.12 bits per heavy atom. The molecule has 0 spiro atoms. The minimum Gasteiger partial charge on any atom is -0.335 e. The Labute approximate surface area is 147 Å². The molecule has 0 radical (unpaired) electrons. The first-order valence-electron chi connectivity index (χ1n) is 7.75. The van der Waals surface area contributed by atoms with Crippen LogP contribution in [0.15, 0.2) is 53.0 Å². The molecular weight excluding hydrogens is 375 g/mol. The van der Waals surface area contributed by atoms with E-state index in [0.29, 0.717) is 24.2 Å². The van der Waals surface area contributed by atoms with Crippen molar-refractivity contribution in [1.29, 1.82) is 0 Å². The average molecular weight is 392 g/mol. The van der Waals surface area contributed by atoms with Crippen LogP contribution in [0.3, 0.4) is 0 Å². The van der Waals surface area contributed by atoms with E-state index in [1.807, 2.05) is 5.32 Å². The van der Waals surface area contributed by atoms with Crippen LogP contribution in [-0.4, -0.2) is 24.4 Å². The number of hydrogen-bond acceptors (Lipinski definition) is 2. The lowest BCUT2D eigenvalue weighted by Gasteiger charge is -2.14. The van der Waals surface area contributed by atoms with Gasteiger partial charge in [-0.2, -0.15) is 0 Å². The van der Waals surface area contributed by atoms with Gasteiger partial charge in [-0.1, -0.05) is 34.1 Å². The van der Waals surface area contributed by atoms with E-state index in [4.69, 9.17) is 0 Å². The number of nitrogens with zero attached hydrogens (tertiary/aromatic N) is 1. The maximum absolute atomic E-state index is 13.6. The van der Waals surface area contributed by atoms with Crippen molar-refractivity contribution in [1.82, 2.24) is 0 Å². The third-order valence-electron chi connectivity index (χ3n) is 4.09. The molecule has 1 saturated heterocycles. The summed E-state index contributed by atoms with van der Waals surface area (Å²) in [6, 6.07) is 13.2. The van der Waals surface area contributed by atoms with E-state index >= 15 is 0 Å². The number of carbonyl (C=O) groups is 2. The number of amides is 2. The molecule has 4 nitrogen and oxygen atoms in total. The van der Waals surface area contributed by atoms with Crippen LogP contribution < -0.4 is 10.2 Å². The molecule has 0 bridgehead atoms. The van der Waals surface area contributed by atoms with Gasteiger partial charge in [0.2, 0.25) is 5.91 Å². The fourth-order valence-corrected chi connectivity index (χ4v) is 3.11. The zero-order chi connectivity index (χ0) is 17.1. The summed E-state index contributed by atoms with van der Waals surface area (Å²) in [5, 5.41) is 1.82. The van der Waals surface area contributed by atoms with E-state index < -0.39 is 6.04 Å². The molecule has 6 heteroatoms. The van der Waals surface area contributed by atoms with Gasteiger partial charge in [-0.05, 0) is 35.9 Å². The van der Waals surface area contributed by atoms with Crippen molar-refractivity contribution in [2.45, 2.75) is 18.9 Å². The van der Waals surface area contributed by atoms with Gasteiger partial charge in [0.25, 0.3) is 5.91 Å². The number of carbonyl (C=O) groups excluding carboxylic acids is 2. The summed E-state index contributed by atoms with van der Waals surface area (Å²) in [4.78, 5) is 25.9. The highest BCUT2D eigenvalue weighted by atomic mass is 79.9. The van der Waals surface area contributed by atoms with Gasteiger partial charge in [0.1, 0.15) is 5.82 Å². The molecule has 0 aromatic heterocycles.